The van der Waals surface area contributed by atoms with Crippen molar-refractivity contribution < 1.29 is 24.2 Å². The molecule has 1 aliphatic heterocycles. The molecule has 0 unspecified atom stereocenters. The molecule has 1 aromatic heterocycles. The summed E-state index contributed by atoms with van der Waals surface area (Å²) in [6.07, 6.45) is 5.87. The highest BCUT2D eigenvalue weighted by Crippen LogP contribution is 2.40. The van der Waals surface area contributed by atoms with Gasteiger partial charge in [0.05, 0.1) is 31.7 Å². The SMILES string of the molecule is CCOc1ccc([C@@H]2C(=C(O)c3cccc(OC)c3)C(=O)C(=O)N2CCCn2ccnc2)cc1. The summed E-state index contributed by atoms with van der Waals surface area (Å²) in [7, 11) is 1.53. The van der Waals surface area contributed by atoms with Crippen LogP contribution in [0.4, 0.5) is 0 Å². The molecule has 0 spiro atoms. The topological polar surface area (TPSA) is 93.9 Å². The Bertz CT molecular complexity index is 1190. The summed E-state index contributed by atoms with van der Waals surface area (Å²) < 4.78 is 12.7. The van der Waals surface area contributed by atoms with Crippen LogP contribution >= 0.6 is 0 Å². The minimum atomic E-state index is -0.718. The first kappa shape index (κ1) is 23.1. The van der Waals surface area contributed by atoms with Crippen molar-refractivity contribution in [1.29, 1.82) is 0 Å². The van der Waals surface area contributed by atoms with Gasteiger partial charge >= 0.3 is 0 Å². The third-order valence-electron chi connectivity index (χ3n) is 5.76. The minimum Gasteiger partial charge on any atom is -0.507 e. The van der Waals surface area contributed by atoms with Crippen molar-refractivity contribution in [3.05, 3.63) is 84.0 Å². The molecular formula is C26H27N3O5. The Morgan fingerprint density at radius 2 is 1.88 bits per heavy atom. The molecule has 0 bridgehead atoms. The van der Waals surface area contributed by atoms with Crippen molar-refractivity contribution in [2.75, 3.05) is 20.3 Å². The van der Waals surface area contributed by atoms with E-state index in [-0.39, 0.29) is 11.3 Å². The van der Waals surface area contributed by atoms with Crippen molar-refractivity contribution >= 4 is 17.4 Å². The highest BCUT2D eigenvalue weighted by atomic mass is 16.5. The van der Waals surface area contributed by atoms with Crippen LogP contribution in [0.5, 0.6) is 11.5 Å². The monoisotopic (exact) mass is 461 g/mol. The van der Waals surface area contributed by atoms with E-state index in [4.69, 9.17) is 9.47 Å². The molecule has 1 fully saturated rings. The van der Waals surface area contributed by atoms with Gasteiger partial charge in [0.2, 0.25) is 0 Å². The van der Waals surface area contributed by atoms with Crippen LogP contribution in [0.3, 0.4) is 0 Å². The number of rotatable bonds is 9. The third-order valence-corrected chi connectivity index (χ3v) is 5.76. The molecule has 1 saturated heterocycles. The highest BCUT2D eigenvalue weighted by Gasteiger charge is 2.45. The van der Waals surface area contributed by atoms with Gasteiger partial charge in [0.15, 0.2) is 0 Å². The Balaban J connectivity index is 1.73. The van der Waals surface area contributed by atoms with Crippen molar-refractivity contribution in [1.82, 2.24) is 14.5 Å². The number of hydrogen-bond acceptors (Lipinski definition) is 6. The van der Waals surface area contributed by atoms with Gasteiger partial charge in [-0.25, -0.2) is 4.98 Å². The van der Waals surface area contributed by atoms with Gasteiger partial charge in [-0.1, -0.05) is 24.3 Å². The Hall–Kier alpha value is -4.07. The number of aromatic nitrogens is 2. The maximum absolute atomic E-state index is 13.1. The molecule has 1 aliphatic rings. The van der Waals surface area contributed by atoms with Gasteiger partial charge in [-0.3, -0.25) is 9.59 Å². The first-order chi connectivity index (χ1) is 16.5. The molecule has 8 heteroatoms. The summed E-state index contributed by atoms with van der Waals surface area (Å²) in [5.41, 5.74) is 1.19. The number of aryl methyl sites for hydroxylation is 1. The smallest absolute Gasteiger partial charge is 0.295 e. The number of carbonyl (C=O) groups is 2. The van der Waals surface area contributed by atoms with Crippen molar-refractivity contribution in [2.24, 2.45) is 0 Å². The van der Waals surface area contributed by atoms with Crippen LogP contribution in [0, 0.1) is 0 Å². The number of ketones is 1. The van der Waals surface area contributed by atoms with Gasteiger partial charge in [0.1, 0.15) is 17.3 Å². The molecule has 2 heterocycles. The molecule has 0 saturated carbocycles. The summed E-state index contributed by atoms with van der Waals surface area (Å²) in [4.78, 5) is 31.8. The largest absolute Gasteiger partial charge is 0.507 e. The van der Waals surface area contributed by atoms with Crippen LogP contribution in [0.25, 0.3) is 5.76 Å². The third kappa shape index (κ3) is 4.66. The number of imidazole rings is 1. The average molecular weight is 462 g/mol. The minimum absolute atomic E-state index is 0.0602. The maximum atomic E-state index is 13.1. The number of aliphatic hydroxyl groups excluding tert-OH is 1. The molecule has 176 valence electrons. The molecular weight excluding hydrogens is 434 g/mol. The van der Waals surface area contributed by atoms with E-state index in [9.17, 15) is 14.7 Å². The van der Waals surface area contributed by atoms with Crippen LogP contribution in [-0.4, -0.2) is 51.5 Å². The Morgan fingerprint density at radius 1 is 1.09 bits per heavy atom. The van der Waals surface area contributed by atoms with Crippen LogP contribution in [-0.2, 0) is 16.1 Å². The van der Waals surface area contributed by atoms with Gasteiger partial charge < -0.3 is 24.0 Å². The molecule has 3 aromatic rings. The van der Waals surface area contributed by atoms with Crippen LogP contribution < -0.4 is 9.47 Å². The van der Waals surface area contributed by atoms with Gasteiger partial charge in [-0.05, 0) is 43.2 Å². The fourth-order valence-electron chi connectivity index (χ4n) is 4.14. The molecule has 1 atom stereocenters. The summed E-state index contributed by atoms with van der Waals surface area (Å²) in [6.45, 7) is 3.42. The van der Waals surface area contributed by atoms with Crippen LogP contribution in [0.1, 0.15) is 30.5 Å². The van der Waals surface area contributed by atoms with Crippen molar-refractivity contribution in [3.63, 3.8) is 0 Å². The number of amides is 1. The zero-order valence-electron chi connectivity index (χ0n) is 19.2. The quantitative estimate of drug-likeness (QED) is 0.296. The number of ether oxygens (including phenoxy) is 2. The molecule has 8 nitrogen and oxygen atoms in total. The molecule has 2 aromatic carbocycles. The number of benzene rings is 2. The van der Waals surface area contributed by atoms with E-state index in [0.717, 1.165) is 5.56 Å². The number of hydrogen-bond donors (Lipinski definition) is 1. The Labute approximate surface area is 198 Å². The fraction of sp³-hybridized carbons (Fsp3) is 0.269. The molecule has 1 amide bonds. The van der Waals surface area contributed by atoms with E-state index in [2.05, 4.69) is 4.98 Å². The lowest BCUT2D eigenvalue weighted by Gasteiger charge is -2.25. The summed E-state index contributed by atoms with van der Waals surface area (Å²) in [6, 6.07) is 13.3. The average Bonchev–Trinajstić information content (AvgIpc) is 3.47. The predicted octanol–water partition coefficient (Wildman–Crippen LogP) is 3.80. The number of nitrogens with zero attached hydrogens (tertiary/aromatic N) is 3. The van der Waals surface area contributed by atoms with E-state index >= 15 is 0 Å². The summed E-state index contributed by atoms with van der Waals surface area (Å²) >= 11 is 0. The second kappa shape index (κ2) is 10.2. The van der Waals surface area contributed by atoms with Gasteiger partial charge in [-0.2, -0.15) is 0 Å². The number of Topliss-reactive ketones (excluding diaryl/α,β-unsaturated/α-hetero) is 1. The molecule has 0 aliphatic carbocycles. The lowest BCUT2D eigenvalue weighted by molar-refractivity contribution is -0.139. The van der Waals surface area contributed by atoms with E-state index in [1.54, 1.807) is 48.9 Å². The van der Waals surface area contributed by atoms with Crippen LogP contribution in [0.15, 0.2) is 72.8 Å². The number of carbonyl (C=O) groups excluding carboxylic acids is 2. The van der Waals surface area contributed by atoms with Crippen LogP contribution in [0.2, 0.25) is 0 Å². The first-order valence-electron chi connectivity index (χ1n) is 11.1. The van der Waals surface area contributed by atoms with E-state index in [0.29, 0.717) is 43.2 Å². The highest BCUT2D eigenvalue weighted by molar-refractivity contribution is 6.46. The summed E-state index contributed by atoms with van der Waals surface area (Å²) in [5, 5.41) is 11.2. The van der Waals surface area contributed by atoms with Gasteiger partial charge in [-0.15, -0.1) is 0 Å². The predicted molar refractivity (Wildman–Crippen MR) is 126 cm³/mol. The second-order valence-electron chi connectivity index (χ2n) is 7.88. The van der Waals surface area contributed by atoms with Gasteiger partial charge in [0, 0.05) is 31.0 Å². The number of aliphatic hydroxyl groups is 1. The first-order valence-corrected chi connectivity index (χ1v) is 11.1. The lowest BCUT2D eigenvalue weighted by Crippen LogP contribution is -2.31. The van der Waals surface area contributed by atoms with E-state index in [1.165, 1.54) is 12.0 Å². The van der Waals surface area contributed by atoms with E-state index < -0.39 is 17.7 Å². The standard InChI is InChI=1S/C26H27N3O5/c1-3-34-20-10-8-18(9-11-20)23-22(24(30)19-6-4-7-21(16-19)33-2)25(31)26(32)29(23)14-5-13-28-15-12-27-17-28/h4,6-12,15-17,23,30H,3,5,13-14H2,1-2H3/t23-/m1/s1. The van der Waals surface area contributed by atoms with Crippen molar-refractivity contribution in [3.8, 4) is 11.5 Å². The number of methoxy groups -OCH3 is 1. The lowest BCUT2D eigenvalue weighted by atomic mass is 9.95. The normalized spacial score (nSPS) is 17.2. The molecule has 34 heavy (non-hydrogen) atoms. The Morgan fingerprint density at radius 3 is 2.56 bits per heavy atom. The zero-order valence-corrected chi connectivity index (χ0v) is 19.2. The van der Waals surface area contributed by atoms with Gasteiger partial charge in [0.25, 0.3) is 11.7 Å². The maximum Gasteiger partial charge on any atom is 0.295 e. The molecule has 0 radical (unpaired) electrons. The molecule has 1 N–H and O–H groups in total. The fourth-order valence-corrected chi connectivity index (χ4v) is 4.14. The zero-order chi connectivity index (χ0) is 24.1. The second-order valence-corrected chi connectivity index (χ2v) is 7.88. The molecule has 4 rings (SSSR count). The van der Waals surface area contributed by atoms with E-state index in [1.807, 2.05) is 29.8 Å². The summed E-state index contributed by atoms with van der Waals surface area (Å²) in [5.74, 6) is -0.337. The Kier molecular flexibility index (Phi) is 6.96. The van der Waals surface area contributed by atoms with Crippen molar-refractivity contribution in [2.45, 2.75) is 25.9 Å². The number of likely N-dealkylation sites (tertiary alicyclic amines) is 1.